The van der Waals surface area contributed by atoms with Gasteiger partial charge in [0, 0.05) is 30.1 Å². The molecule has 0 aliphatic heterocycles. The van der Waals surface area contributed by atoms with Crippen LogP contribution >= 0.6 is 11.6 Å². The van der Waals surface area contributed by atoms with E-state index in [-0.39, 0.29) is 0 Å². The van der Waals surface area contributed by atoms with E-state index in [0.29, 0.717) is 5.88 Å². The summed E-state index contributed by atoms with van der Waals surface area (Å²) in [5.74, 6) is 2.41. The largest absolute Gasteiger partial charge is 0.288 e. The number of rotatable bonds is 4. The van der Waals surface area contributed by atoms with Gasteiger partial charge in [-0.15, -0.1) is 11.6 Å². The third kappa shape index (κ3) is 2.29. The first-order valence-corrected chi connectivity index (χ1v) is 7.34. The Hall–Kier alpha value is -1.87. The summed E-state index contributed by atoms with van der Waals surface area (Å²) in [5.41, 5.74) is 2.07. The van der Waals surface area contributed by atoms with Crippen LogP contribution in [0.3, 0.4) is 0 Å². The van der Waals surface area contributed by atoms with Crippen LogP contribution in [-0.4, -0.2) is 14.5 Å². The first kappa shape index (κ1) is 13.1. The van der Waals surface area contributed by atoms with Gasteiger partial charge in [0.2, 0.25) is 0 Å². The second-order valence-electron chi connectivity index (χ2n) is 4.75. The number of hydrogen-bond donors (Lipinski definition) is 0. The molecule has 0 bridgehead atoms. The van der Waals surface area contributed by atoms with Crippen molar-refractivity contribution in [1.82, 2.24) is 14.5 Å². The summed E-state index contributed by atoms with van der Waals surface area (Å²) in [6.45, 7) is 2.15. The van der Waals surface area contributed by atoms with E-state index in [1.54, 1.807) is 0 Å². The molecule has 0 N–H and O–H groups in total. The van der Waals surface area contributed by atoms with Crippen LogP contribution < -0.4 is 0 Å². The average Bonchev–Trinajstić information content (AvgIpc) is 2.95. The minimum atomic E-state index is 0.480. The topological polar surface area (TPSA) is 30.7 Å². The molecule has 20 heavy (non-hydrogen) atoms. The van der Waals surface area contributed by atoms with Crippen molar-refractivity contribution < 1.29 is 0 Å². The van der Waals surface area contributed by atoms with E-state index < -0.39 is 0 Å². The van der Waals surface area contributed by atoms with E-state index in [4.69, 9.17) is 16.6 Å². The first-order valence-electron chi connectivity index (χ1n) is 6.80. The highest BCUT2D eigenvalue weighted by Gasteiger charge is 2.09. The zero-order valence-electron chi connectivity index (χ0n) is 11.4. The fourth-order valence-electron chi connectivity index (χ4n) is 2.42. The van der Waals surface area contributed by atoms with Crippen molar-refractivity contribution in [1.29, 1.82) is 0 Å². The van der Waals surface area contributed by atoms with Crippen LogP contribution in [0.1, 0.15) is 24.7 Å². The molecule has 4 heteroatoms. The number of nitrogens with zero attached hydrogens (tertiary/aromatic N) is 3. The van der Waals surface area contributed by atoms with Gasteiger partial charge < -0.3 is 0 Å². The second kappa shape index (κ2) is 5.63. The van der Waals surface area contributed by atoms with Crippen LogP contribution in [0.5, 0.6) is 0 Å². The van der Waals surface area contributed by atoms with Gasteiger partial charge in [0.15, 0.2) is 0 Å². The Bertz CT molecular complexity index is 733. The third-order valence-electron chi connectivity index (χ3n) is 3.37. The van der Waals surface area contributed by atoms with Gasteiger partial charge in [-0.2, -0.15) is 0 Å². The van der Waals surface area contributed by atoms with Gasteiger partial charge >= 0.3 is 0 Å². The maximum Gasteiger partial charge on any atom is 0.139 e. The Labute approximate surface area is 123 Å². The number of hydrogen-bond acceptors (Lipinski definition) is 2. The van der Waals surface area contributed by atoms with Crippen LogP contribution in [0, 0.1) is 0 Å². The number of fused-ring (bicyclic) bond motifs is 1. The molecule has 1 aromatic carbocycles. The molecule has 102 valence electrons. The van der Waals surface area contributed by atoms with Gasteiger partial charge in [0.05, 0.1) is 5.52 Å². The highest BCUT2D eigenvalue weighted by Crippen LogP contribution is 2.22. The van der Waals surface area contributed by atoms with Gasteiger partial charge in [-0.05, 0) is 24.1 Å². The smallest absolute Gasteiger partial charge is 0.139 e. The van der Waals surface area contributed by atoms with Crippen LogP contribution in [-0.2, 0) is 12.3 Å². The summed E-state index contributed by atoms with van der Waals surface area (Å²) in [4.78, 5) is 9.14. The molecule has 2 aromatic heterocycles. The lowest BCUT2D eigenvalue weighted by Gasteiger charge is -2.10. The van der Waals surface area contributed by atoms with Crippen molar-refractivity contribution >= 4 is 22.5 Å². The highest BCUT2D eigenvalue weighted by atomic mass is 35.5. The van der Waals surface area contributed by atoms with Gasteiger partial charge in [-0.1, -0.05) is 25.1 Å². The molecule has 0 radical (unpaired) electrons. The van der Waals surface area contributed by atoms with Crippen molar-refractivity contribution in [3.05, 3.63) is 54.1 Å². The zero-order valence-corrected chi connectivity index (χ0v) is 12.1. The summed E-state index contributed by atoms with van der Waals surface area (Å²) >= 11 is 6.09. The Kier molecular flexibility index (Phi) is 3.70. The van der Waals surface area contributed by atoms with E-state index in [0.717, 1.165) is 41.0 Å². The van der Waals surface area contributed by atoms with Crippen molar-refractivity contribution in [2.45, 2.75) is 25.6 Å². The first-order chi connectivity index (χ1) is 9.83. The summed E-state index contributed by atoms with van der Waals surface area (Å²) in [6.07, 6.45) is 5.78. The van der Waals surface area contributed by atoms with Crippen LogP contribution in [0.4, 0.5) is 0 Å². The minimum Gasteiger partial charge on any atom is -0.288 e. The molecule has 0 spiro atoms. The molecule has 0 saturated heterocycles. The molecule has 3 aromatic rings. The molecule has 0 aliphatic rings. The highest BCUT2D eigenvalue weighted by molar-refractivity contribution is 6.18. The standard InChI is InChI=1S/C16H16ClN3/c1-2-5-15-18-8-9-20(15)16-10-12(11-17)13-6-3-4-7-14(13)19-16/h3-4,6-10H,2,5,11H2,1H3. The molecule has 0 saturated carbocycles. The van der Waals surface area contributed by atoms with Gasteiger partial charge in [0.1, 0.15) is 11.6 Å². The van der Waals surface area contributed by atoms with Crippen LogP contribution in [0.25, 0.3) is 16.7 Å². The molecule has 0 amide bonds. The third-order valence-corrected chi connectivity index (χ3v) is 3.66. The Morgan fingerprint density at radius 1 is 1.25 bits per heavy atom. The normalized spacial score (nSPS) is 11.1. The van der Waals surface area contributed by atoms with Crippen LogP contribution in [0.15, 0.2) is 42.7 Å². The summed E-state index contributed by atoms with van der Waals surface area (Å²) in [7, 11) is 0. The Morgan fingerprint density at radius 3 is 2.90 bits per heavy atom. The van der Waals surface area contributed by atoms with E-state index in [9.17, 15) is 0 Å². The minimum absolute atomic E-state index is 0.480. The van der Waals surface area contributed by atoms with Gasteiger partial charge in [-0.3, -0.25) is 4.57 Å². The number of para-hydroxylation sites is 1. The average molecular weight is 286 g/mol. The van der Waals surface area contributed by atoms with E-state index in [1.807, 2.05) is 35.2 Å². The second-order valence-corrected chi connectivity index (χ2v) is 5.02. The Balaban J connectivity index is 2.18. The number of aromatic nitrogens is 3. The predicted molar refractivity (Wildman–Crippen MR) is 82.4 cm³/mol. The lowest BCUT2D eigenvalue weighted by molar-refractivity contribution is 0.799. The summed E-state index contributed by atoms with van der Waals surface area (Å²) in [5, 5.41) is 1.11. The molecule has 0 atom stereocenters. The van der Waals surface area contributed by atoms with Crippen molar-refractivity contribution in [2.75, 3.05) is 0 Å². The summed E-state index contributed by atoms with van der Waals surface area (Å²) in [6, 6.07) is 10.1. The molecule has 3 rings (SSSR count). The lowest BCUT2D eigenvalue weighted by Crippen LogP contribution is -2.03. The molecule has 0 fully saturated rings. The number of aryl methyl sites for hydroxylation is 1. The number of imidazole rings is 1. The molecular weight excluding hydrogens is 270 g/mol. The van der Waals surface area contributed by atoms with Gasteiger partial charge in [-0.25, -0.2) is 9.97 Å². The number of benzene rings is 1. The van der Waals surface area contributed by atoms with Gasteiger partial charge in [0.25, 0.3) is 0 Å². The van der Waals surface area contributed by atoms with E-state index in [2.05, 4.69) is 24.0 Å². The Morgan fingerprint density at radius 2 is 2.10 bits per heavy atom. The predicted octanol–water partition coefficient (Wildman–Crippen LogP) is 4.11. The number of alkyl halides is 1. The fourth-order valence-corrected chi connectivity index (χ4v) is 2.64. The SMILES string of the molecule is CCCc1nccn1-c1cc(CCl)c2ccccc2n1. The maximum atomic E-state index is 6.09. The fraction of sp³-hybridized carbons (Fsp3) is 0.250. The lowest BCUT2D eigenvalue weighted by atomic mass is 10.1. The van der Waals surface area contributed by atoms with E-state index in [1.165, 1.54) is 0 Å². The summed E-state index contributed by atoms with van der Waals surface area (Å²) < 4.78 is 2.05. The molecule has 0 aliphatic carbocycles. The molecule has 0 unspecified atom stereocenters. The number of pyridine rings is 1. The van der Waals surface area contributed by atoms with Crippen molar-refractivity contribution in [3.63, 3.8) is 0 Å². The zero-order chi connectivity index (χ0) is 13.9. The van der Waals surface area contributed by atoms with Crippen molar-refractivity contribution in [3.8, 4) is 5.82 Å². The van der Waals surface area contributed by atoms with Crippen molar-refractivity contribution in [2.24, 2.45) is 0 Å². The monoisotopic (exact) mass is 285 g/mol. The molecule has 3 nitrogen and oxygen atoms in total. The maximum absolute atomic E-state index is 6.09. The molecule has 2 heterocycles. The van der Waals surface area contributed by atoms with E-state index >= 15 is 0 Å². The molecular formula is C16H16ClN3. The quantitative estimate of drug-likeness (QED) is 0.675. The number of halogens is 1. The van der Waals surface area contributed by atoms with Crippen LogP contribution in [0.2, 0.25) is 0 Å².